The molecule has 4 aromatic rings. The summed E-state index contributed by atoms with van der Waals surface area (Å²) in [4.78, 5) is 33.2. The number of oxazole rings is 1. The molecule has 0 fully saturated rings. The van der Waals surface area contributed by atoms with Crippen molar-refractivity contribution >= 4 is 43.7 Å². The largest absolute Gasteiger partial charge is 0.420 e. The highest BCUT2D eigenvalue weighted by molar-refractivity contribution is 7.22. The van der Waals surface area contributed by atoms with E-state index in [0.29, 0.717) is 34.0 Å². The SMILES string of the molecule is CN(C)CCN(C(=O)Cn1c(=O)oc2ccccc21)c1nc2c(F)cccc2s1. The first-order valence-electron chi connectivity index (χ1n) is 9.02. The molecular formula is C20H19FN4O3S. The first-order chi connectivity index (χ1) is 13.9. The highest BCUT2D eigenvalue weighted by atomic mass is 32.1. The minimum atomic E-state index is -0.595. The number of hydrogen-bond acceptors (Lipinski definition) is 6. The number of fused-ring (bicyclic) bond motifs is 2. The van der Waals surface area contributed by atoms with Crippen molar-refractivity contribution in [1.29, 1.82) is 0 Å². The Morgan fingerprint density at radius 1 is 1.17 bits per heavy atom. The molecule has 2 heterocycles. The molecule has 1 amide bonds. The van der Waals surface area contributed by atoms with E-state index in [1.54, 1.807) is 36.4 Å². The van der Waals surface area contributed by atoms with Crippen LogP contribution >= 0.6 is 11.3 Å². The number of carbonyl (C=O) groups is 1. The number of aromatic nitrogens is 2. The van der Waals surface area contributed by atoms with Gasteiger partial charge in [-0.3, -0.25) is 14.3 Å². The van der Waals surface area contributed by atoms with Crippen LogP contribution in [-0.2, 0) is 11.3 Å². The van der Waals surface area contributed by atoms with E-state index in [4.69, 9.17) is 4.42 Å². The number of carbonyl (C=O) groups excluding carboxylic acids is 1. The maximum atomic E-state index is 14.1. The van der Waals surface area contributed by atoms with Crippen LogP contribution in [0.15, 0.2) is 51.7 Å². The van der Waals surface area contributed by atoms with Gasteiger partial charge in [-0.1, -0.05) is 29.5 Å². The summed E-state index contributed by atoms with van der Waals surface area (Å²) in [5.41, 5.74) is 1.21. The quantitative estimate of drug-likeness (QED) is 0.485. The van der Waals surface area contributed by atoms with E-state index in [2.05, 4.69) is 4.98 Å². The zero-order valence-corrected chi connectivity index (χ0v) is 16.8. The number of thiazole rings is 1. The van der Waals surface area contributed by atoms with Gasteiger partial charge in [-0.25, -0.2) is 14.2 Å². The Kier molecular flexibility index (Phi) is 5.16. The molecule has 0 aliphatic heterocycles. The lowest BCUT2D eigenvalue weighted by atomic mass is 10.3. The van der Waals surface area contributed by atoms with Crippen LogP contribution in [0.2, 0.25) is 0 Å². The van der Waals surface area contributed by atoms with Crippen LogP contribution < -0.4 is 10.7 Å². The van der Waals surface area contributed by atoms with Crippen molar-refractivity contribution in [1.82, 2.24) is 14.5 Å². The molecule has 0 bridgehead atoms. The number of nitrogens with zero attached hydrogens (tertiary/aromatic N) is 4. The molecule has 150 valence electrons. The summed E-state index contributed by atoms with van der Waals surface area (Å²) in [5, 5.41) is 0.401. The second-order valence-corrected chi connectivity index (χ2v) is 7.86. The Morgan fingerprint density at radius 2 is 1.97 bits per heavy atom. The van der Waals surface area contributed by atoms with Crippen molar-refractivity contribution in [2.45, 2.75) is 6.54 Å². The van der Waals surface area contributed by atoms with Gasteiger partial charge in [0, 0.05) is 13.1 Å². The Balaban J connectivity index is 1.70. The van der Waals surface area contributed by atoms with Crippen molar-refractivity contribution in [3.63, 3.8) is 0 Å². The second kappa shape index (κ2) is 7.76. The third-order valence-corrected chi connectivity index (χ3v) is 5.57. The van der Waals surface area contributed by atoms with E-state index in [0.717, 1.165) is 0 Å². The number of benzene rings is 2. The van der Waals surface area contributed by atoms with Crippen LogP contribution in [0.3, 0.4) is 0 Å². The monoisotopic (exact) mass is 414 g/mol. The van der Waals surface area contributed by atoms with Crippen molar-refractivity contribution < 1.29 is 13.6 Å². The fourth-order valence-corrected chi connectivity index (χ4v) is 4.05. The van der Waals surface area contributed by atoms with Crippen LogP contribution in [0.5, 0.6) is 0 Å². The van der Waals surface area contributed by atoms with Gasteiger partial charge < -0.3 is 9.32 Å². The average Bonchev–Trinajstić information content (AvgIpc) is 3.24. The van der Waals surface area contributed by atoms with Gasteiger partial charge in [-0.2, -0.15) is 0 Å². The molecule has 0 spiro atoms. The highest BCUT2D eigenvalue weighted by Gasteiger charge is 2.23. The summed E-state index contributed by atoms with van der Waals surface area (Å²) >= 11 is 1.24. The minimum Gasteiger partial charge on any atom is -0.408 e. The number of anilines is 1. The third-order valence-electron chi connectivity index (χ3n) is 4.53. The van der Waals surface area contributed by atoms with Crippen LogP contribution in [-0.4, -0.2) is 47.5 Å². The summed E-state index contributed by atoms with van der Waals surface area (Å²) in [6.45, 7) is 0.755. The van der Waals surface area contributed by atoms with Gasteiger partial charge in [0.25, 0.3) is 0 Å². The molecule has 29 heavy (non-hydrogen) atoms. The Bertz CT molecular complexity index is 1240. The maximum Gasteiger partial charge on any atom is 0.420 e. The molecule has 2 aromatic heterocycles. The Morgan fingerprint density at radius 3 is 2.72 bits per heavy atom. The zero-order chi connectivity index (χ0) is 20.5. The van der Waals surface area contributed by atoms with E-state index in [1.165, 1.54) is 26.9 Å². The molecule has 0 saturated heterocycles. The Labute approximate surface area is 169 Å². The standard InChI is InChI=1S/C20H19FN4O3S/c1-23(2)10-11-24(19-22-18-13(21)6-5-9-16(18)29-19)17(26)12-25-14-7-3-4-8-15(14)28-20(25)27/h3-9H,10-12H2,1-2H3. The lowest BCUT2D eigenvalue weighted by Crippen LogP contribution is -2.39. The number of halogens is 1. The number of hydrogen-bond donors (Lipinski definition) is 0. The smallest absolute Gasteiger partial charge is 0.408 e. The molecule has 0 saturated carbocycles. The molecule has 0 aliphatic carbocycles. The predicted molar refractivity (Wildman–Crippen MR) is 111 cm³/mol. The van der Waals surface area contributed by atoms with Gasteiger partial charge in [-0.15, -0.1) is 0 Å². The van der Waals surface area contributed by atoms with Gasteiger partial charge in [0.05, 0.1) is 10.2 Å². The molecule has 0 atom stereocenters. The second-order valence-electron chi connectivity index (χ2n) is 6.85. The van der Waals surface area contributed by atoms with E-state index < -0.39 is 11.6 Å². The summed E-state index contributed by atoms with van der Waals surface area (Å²) in [6, 6.07) is 11.7. The predicted octanol–water partition coefficient (Wildman–Crippen LogP) is 2.94. The fraction of sp³-hybridized carbons (Fsp3) is 0.250. The van der Waals surface area contributed by atoms with Crippen molar-refractivity contribution in [3.8, 4) is 0 Å². The summed E-state index contributed by atoms with van der Waals surface area (Å²) < 4.78 is 21.3. The molecular weight excluding hydrogens is 395 g/mol. The van der Waals surface area contributed by atoms with Crippen LogP contribution in [0.1, 0.15) is 0 Å². The molecule has 2 aromatic carbocycles. The molecule has 7 nitrogen and oxygen atoms in total. The average molecular weight is 414 g/mol. The van der Waals surface area contributed by atoms with Gasteiger partial charge >= 0.3 is 5.76 Å². The summed E-state index contributed by atoms with van der Waals surface area (Å²) in [7, 11) is 3.80. The maximum absolute atomic E-state index is 14.1. The van der Waals surface area contributed by atoms with Crippen LogP contribution in [0, 0.1) is 5.82 Å². The normalized spacial score (nSPS) is 11.6. The van der Waals surface area contributed by atoms with Crippen molar-refractivity contribution in [2.75, 3.05) is 32.1 Å². The number of rotatable bonds is 6. The molecule has 0 radical (unpaired) electrons. The summed E-state index contributed by atoms with van der Waals surface area (Å²) in [5.74, 6) is -1.34. The number of para-hydroxylation sites is 3. The molecule has 0 N–H and O–H groups in total. The lowest BCUT2D eigenvalue weighted by molar-refractivity contribution is -0.119. The number of likely N-dealkylation sites (N-methyl/N-ethyl adjacent to an activating group) is 1. The molecule has 4 rings (SSSR count). The lowest BCUT2D eigenvalue weighted by Gasteiger charge is -2.22. The Hall–Kier alpha value is -3.04. The topological polar surface area (TPSA) is 71.6 Å². The van der Waals surface area contributed by atoms with E-state index in [1.807, 2.05) is 19.0 Å². The third kappa shape index (κ3) is 3.79. The highest BCUT2D eigenvalue weighted by Crippen LogP contribution is 2.30. The first kappa shape index (κ1) is 19.3. The van der Waals surface area contributed by atoms with E-state index in [-0.39, 0.29) is 18.0 Å². The number of amides is 1. The molecule has 9 heteroatoms. The van der Waals surface area contributed by atoms with Gasteiger partial charge in [-0.05, 0) is 38.4 Å². The van der Waals surface area contributed by atoms with E-state index in [9.17, 15) is 14.0 Å². The first-order valence-corrected chi connectivity index (χ1v) is 9.84. The van der Waals surface area contributed by atoms with Gasteiger partial charge in [0.2, 0.25) is 5.91 Å². The van der Waals surface area contributed by atoms with Crippen LogP contribution in [0.4, 0.5) is 9.52 Å². The van der Waals surface area contributed by atoms with Gasteiger partial charge in [0.15, 0.2) is 10.7 Å². The van der Waals surface area contributed by atoms with Gasteiger partial charge in [0.1, 0.15) is 17.9 Å². The minimum absolute atomic E-state index is 0.193. The fourth-order valence-electron chi connectivity index (χ4n) is 3.03. The molecule has 0 aliphatic rings. The van der Waals surface area contributed by atoms with Crippen molar-refractivity contribution in [3.05, 3.63) is 58.8 Å². The summed E-state index contributed by atoms with van der Waals surface area (Å²) in [6.07, 6.45) is 0. The zero-order valence-electron chi connectivity index (χ0n) is 16.0. The van der Waals surface area contributed by atoms with E-state index >= 15 is 0 Å². The van der Waals surface area contributed by atoms with Crippen LogP contribution in [0.25, 0.3) is 21.3 Å². The van der Waals surface area contributed by atoms with Crippen molar-refractivity contribution in [2.24, 2.45) is 0 Å². The molecule has 0 unspecified atom stereocenters.